The van der Waals surface area contributed by atoms with Crippen LogP contribution in [0.4, 0.5) is 21.6 Å². The molecule has 41 heavy (non-hydrogen) atoms. The number of aromatic nitrogens is 2. The molecule has 4 rings (SSSR count). The van der Waals surface area contributed by atoms with Crippen molar-refractivity contribution in [1.82, 2.24) is 20.6 Å². The van der Waals surface area contributed by atoms with Crippen LogP contribution in [-0.4, -0.2) is 40.8 Å². The van der Waals surface area contributed by atoms with E-state index >= 15 is 0 Å². The van der Waals surface area contributed by atoms with E-state index in [1.807, 2.05) is 13.8 Å². The molecule has 0 atom stereocenters. The molecular weight excluding hydrogens is 525 g/mol. The van der Waals surface area contributed by atoms with Crippen molar-refractivity contribution in [2.75, 3.05) is 29.5 Å². The number of nitriles is 1. The fraction of sp³-hybridized carbons (Fsp3) is 0.276. The maximum atomic E-state index is 13.8. The van der Waals surface area contributed by atoms with Crippen LogP contribution in [0.1, 0.15) is 58.6 Å². The van der Waals surface area contributed by atoms with Gasteiger partial charge in [-0.05, 0) is 68.7 Å². The standard InChI is InChI=1S/C29H32FN9O2/c1-17-24(14-22-21-13-19(30)7-9-23(21)39-27(22)40)37-18(2)26(17)28(41)33-11-5-3-4-6-12-34-29(36-16-31)38-20-8-10-25(32)35-15-20/h7-10,13-15,37H,3-6,11-12H2,1-2H3,(H2,32,35)(H,33,41)(H,39,40)(H2,34,36,38)/b22-14-. The molecule has 12 heteroatoms. The van der Waals surface area contributed by atoms with Crippen LogP contribution < -0.4 is 27.0 Å². The van der Waals surface area contributed by atoms with Crippen LogP contribution in [-0.2, 0) is 4.79 Å². The molecule has 1 aliphatic rings. The Balaban J connectivity index is 1.22. The molecule has 0 aliphatic carbocycles. The molecule has 1 aliphatic heterocycles. The summed E-state index contributed by atoms with van der Waals surface area (Å²) in [5.74, 6) is -0.195. The Kier molecular flexibility index (Phi) is 9.32. The molecule has 3 aromatic rings. The number of nitrogens with two attached hydrogens (primary N) is 1. The summed E-state index contributed by atoms with van der Waals surface area (Å²) in [6.07, 6.45) is 8.48. The molecule has 0 saturated carbocycles. The van der Waals surface area contributed by atoms with Crippen molar-refractivity contribution in [3.63, 3.8) is 0 Å². The smallest absolute Gasteiger partial charge is 0.256 e. The number of hydrogen-bond acceptors (Lipinski definition) is 6. The van der Waals surface area contributed by atoms with Gasteiger partial charge in [-0.1, -0.05) is 12.8 Å². The van der Waals surface area contributed by atoms with Gasteiger partial charge in [0.2, 0.25) is 12.2 Å². The Labute approximate surface area is 237 Å². The lowest BCUT2D eigenvalue weighted by atomic mass is 10.0. The Bertz CT molecular complexity index is 1530. The molecule has 11 nitrogen and oxygen atoms in total. The molecule has 1 aromatic carbocycles. The number of pyridine rings is 1. The Morgan fingerprint density at radius 3 is 2.61 bits per heavy atom. The molecule has 0 unspecified atom stereocenters. The van der Waals surface area contributed by atoms with Gasteiger partial charge in [-0.15, -0.1) is 4.99 Å². The third-order valence-electron chi connectivity index (χ3n) is 6.65. The van der Waals surface area contributed by atoms with Crippen molar-refractivity contribution in [2.45, 2.75) is 39.5 Å². The van der Waals surface area contributed by atoms with Gasteiger partial charge in [0, 0.05) is 35.7 Å². The molecule has 0 saturated heterocycles. The number of aromatic amines is 1. The van der Waals surface area contributed by atoms with Gasteiger partial charge < -0.3 is 32.0 Å². The highest BCUT2D eigenvalue weighted by atomic mass is 19.1. The lowest BCUT2D eigenvalue weighted by Crippen LogP contribution is -2.31. The quantitative estimate of drug-likeness (QED) is 0.0716. The van der Waals surface area contributed by atoms with E-state index in [0.29, 0.717) is 64.3 Å². The fourth-order valence-corrected chi connectivity index (χ4v) is 4.59. The number of aliphatic imine (C=N–C) groups is 1. The summed E-state index contributed by atoms with van der Waals surface area (Å²) in [5.41, 5.74) is 10.2. The van der Waals surface area contributed by atoms with E-state index in [2.05, 4.69) is 36.2 Å². The van der Waals surface area contributed by atoms with Gasteiger partial charge in [0.15, 0.2) is 0 Å². The van der Waals surface area contributed by atoms with Crippen LogP contribution in [0.3, 0.4) is 0 Å². The number of amides is 2. The number of benzene rings is 1. The third-order valence-corrected chi connectivity index (χ3v) is 6.65. The Morgan fingerprint density at radius 2 is 1.90 bits per heavy atom. The number of nitrogen functional groups attached to an aromatic ring is 1. The number of aryl methyl sites for hydroxylation is 1. The SMILES string of the molecule is Cc1[nH]c(/C=C2\C(=O)Nc3ccc(F)cc32)c(C)c1C(=O)NCCCCCCN/C(=N/C#N)Nc1ccc(N)nc1. The van der Waals surface area contributed by atoms with Crippen LogP contribution in [0, 0.1) is 31.1 Å². The molecule has 0 radical (unpaired) electrons. The van der Waals surface area contributed by atoms with E-state index in [9.17, 15) is 14.0 Å². The van der Waals surface area contributed by atoms with Gasteiger partial charge in [0.05, 0.1) is 23.0 Å². The molecule has 0 spiro atoms. The molecule has 3 heterocycles. The summed E-state index contributed by atoms with van der Waals surface area (Å²) in [7, 11) is 0. The first kappa shape index (κ1) is 28.8. The normalized spacial score (nSPS) is 13.5. The van der Waals surface area contributed by atoms with Crippen LogP contribution in [0.15, 0.2) is 41.5 Å². The highest BCUT2D eigenvalue weighted by Gasteiger charge is 2.26. The summed E-state index contributed by atoms with van der Waals surface area (Å²) >= 11 is 0. The first-order valence-electron chi connectivity index (χ1n) is 13.3. The van der Waals surface area contributed by atoms with E-state index in [4.69, 9.17) is 11.0 Å². The summed E-state index contributed by atoms with van der Waals surface area (Å²) < 4.78 is 13.8. The van der Waals surface area contributed by atoms with E-state index in [1.54, 1.807) is 30.6 Å². The monoisotopic (exact) mass is 557 g/mol. The van der Waals surface area contributed by atoms with Crippen molar-refractivity contribution < 1.29 is 14.0 Å². The van der Waals surface area contributed by atoms with Gasteiger partial charge in [-0.2, -0.15) is 5.26 Å². The predicted octanol–water partition coefficient (Wildman–Crippen LogP) is 4.07. The van der Waals surface area contributed by atoms with Crippen LogP contribution >= 0.6 is 0 Å². The maximum absolute atomic E-state index is 13.8. The maximum Gasteiger partial charge on any atom is 0.256 e. The molecule has 0 fully saturated rings. The summed E-state index contributed by atoms with van der Waals surface area (Å²) in [4.78, 5) is 36.3. The number of fused-ring (bicyclic) bond motifs is 1. The largest absolute Gasteiger partial charge is 0.384 e. The number of nitrogens with zero attached hydrogens (tertiary/aromatic N) is 3. The molecule has 212 valence electrons. The number of carbonyl (C=O) groups excluding carboxylic acids is 2. The summed E-state index contributed by atoms with van der Waals surface area (Å²) in [5, 5.41) is 20.7. The predicted molar refractivity (Wildman–Crippen MR) is 157 cm³/mol. The number of guanidine groups is 1. The number of halogens is 1. The number of anilines is 3. The lowest BCUT2D eigenvalue weighted by Gasteiger charge is -2.11. The van der Waals surface area contributed by atoms with Gasteiger partial charge >= 0.3 is 0 Å². The minimum Gasteiger partial charge on any atom is -0.384 e. The zero-order valence-electron chi connectivity index (χ0n) is 22.9. The van der Waals surface area contributed by atoms with Crippen LogP contribution in [0.2, 0.25) is 0 Å². The van der Waals surface area contributed by atoms with E-state index in [1.165, 1.54) is 18.2 Å². The lowest BCUT2D eigenvalue weighted by molar-refractivity contribution is -0.110. The zero-order chi connectivity index (χ0) is 29.4. The van der Waals surface area contributed by atoms with Gasteiger partial charge in [-0.3, -0.25) is 9.59 Å². The van der Waals surface area contributed by atoms with Gasteiger partial charge in [-0.25, -0.2) is 9.37 Å². The number of carbonyl (C=O) groups is 2. The summed E-state index contributed by atoms with van der Waals surface area (Å²) in [6, 6.07) is 7.55. The average molecular weight is 558 g/mol. The fourth-order valence-electron chi connectivity index (χ4n) is 4.59. The molecule has 7 N–H and O–H groups in total. The first-order chi connectivity index (χ1) is 19.8. The van der Waals surface area contributed by atoms with Crippen molar-refractivity contribution in [3.8, 4) is 6.19 Å². The number of nitrogens with one attached hydrogen (secondary N) is 5. The number of hydrogen-bond donors (Lipinski definition) is 6. The van der Waals surface area contributed by atoms with Gasteiger partial charge in [0.25, 0.3) is 11.8 Å². The van der Waals surface area contributed by atoms with Crippen molar-refractivity contribution >= 4 is 46.6 Å². The van der Waals surface area contributed by atoms with E-state index in [-0.39, 0.29) is 11.8 Å². The topological polar surface area (TPSA) is 173 Å². The minimum absolute atomic E-state index is 0.189. The second kappa shape index (κ2) is 13.3. The van der Waals surface area contributed by atoms with E-state index < -0.39 is 5.82 Å². The minimum atomic E-state index is -0.427. The Morgan fingerprint density at radius 1 is 1.15 bits per heavy atom. The second-order valence-electron chi connectivity index (χ2n) is 9.62. The third kappa shape index (κ3) is 7.27. The second-order valence-corrected chi connectivity index (χ2v) is 9.62. The number of rotatable bonds is 10. The first-order valence-corrected chi connectivity index (χ1v) is 13.3. The van der Waals surface area contributed by atoms with Crippen molar-refractivity contribution in [2.24, 2.45) is 4.99 Å². The van der Waals surface area contributed by atoms with Crippen LogP contribution in [0.25, 0.3) is 11.6 Å². The molecule has 0 bridgehead atoms. The molecular formula is C29H32FN9O2. The number of H-pyrrole nitrogens is 1. The average Bonchev–Trinajstić information content (AvgIpc) is 3.40. The van der Waals surface area contributed by atoms with Gasteiger partial charge in [0.1, 0.15) is 11.6 Å². The highest BCUT2D eigenvalue weighted by molar-refractivity contribution is 6.34. The number of unbranched alkanes of at least 4 members (excludes halogenated alkanes) is 3. The zero-order valence-corrected chi connectivity index (χ0v) is 22.9. The van der Waals surface area contributed by atoms with Crippen molar-refractivity contribution in [1.29, 1.82) is 5.26 Å². The Hall–Kier alpha value is -5.18. The highest BCUT2D eigenvalue weighted by Crippen LogP contribution is 2.34. The van der Waals surface area contributed by atoms with Crippen molar-refractivity contribution in [3.05, 3.63) is 70.4 Å². The van der Waals surface area contributed by atoms with Crippen LogP contribution in [0.5, 0.6) is 0 Å². The molecule has 2 amide bonds. The van der Waals surface area contributed by atoms with E-state index in [0.717, 1.165) is 31.2 Å². The summed E-state index contributed by atoms with van der Waals surface area (Å²) in [6.45, 7) is 4.77. The molecule has 2 aromatic heterocycles.